The van der Waals surface area contributed by atoms with E-state index >= 15 is 0 Å². The topological polar surface area (TPSA) is 70.4 Å². The Morgan fingerprint density at radius 3 is 2.63 bits per heavy atom. The fourth-order valence-electron chi connectivity index (χ4n) is 3.33. The summed E-state index contributed by atoms with van der Waals surface area (Å²) in [6, 6.07) is 21.3. The van der Waals surface area contributed by atoms with Gasteiger partial charge in [-0.3, -0.25) is 0 Å². The van der Waals surface area contributed by atoms with Crippen molar-refractivity contribution in [2.75, 3.05) is 4.90 Å². The van der Waals surface area contributed by atoms with Crippen molar-refractivity contribution in [2.24, 2.45) is 5.73 Å². The van der Waals surface area contributed by atoms with Gasteiger partial charge in [-0.25, -0.2) is 4.79 Å². The zero-order valence-electron chi connectivity index (χ0n) is 15.9. The first-order chi connectivity index (χ1) is 14.6. The minimum atomic E-state index is -0.350. The van der Waals surface area contributed by atoms with E-state index in [0.29, 0.717) is 18.1 Å². The Kier molecular flexibility index (Phi) is 6.53. The van der Waals surface area contributed by atoms with Crippen LogP contribution in [-0.2, 0) is 13.1 Å². The first kappa shape index (κ1) is 21.1. The van der Waals surface area contributed by atoms with Gasteiger partial charge in [0.25, 0.3) is 0 Å². The van der Waals surface area contributed by atoms with Crippen LogP contribution < -0.4 is 21.3 Å². The van der Waals surface area contributed by atoms with Crippen molar-refractivity contribution in [3.05, 3.63) is 87.4 Å². The third-order valence-corrected chi connectivity index (χ3v) is 6.73. The Balaban J connectivity index is 1.56. The largest absolute Gasteiger partial charge is 0.334 e. The number of rotatable bonds is 5. The molecule has 0 spiro atoms. The van der Waals surface area contributed by atoms with Crippen LogP contribution in [0.3, 0.4) is 0 Å². The summed E-state index contributed by atoms with van der Waals surface area (Å²) in [7, 11) is 0. The summed E-state index contributed by atoms with van der Waals surface area (Å²) in [5, 5.41) is 6.58. The predicted octanol–water partition coefficient (Wildman–Crippen LogP) is 5.59. The average molecular weight is 504 g/mol. The van der Waals surface area contributed by atoms with E-state index in [4.69, 9.17) is 17.3 Å². The molecule has 2 amide bonds. The summed E-state index contributed by atoms with van der Waals surface area (Å²) >= 11 is 11.6. The predicted molar refractivity (Wildman–Crippen MR) is 127 cm³/mol. The molecule has 0 aliphatic carbocycles. The van der Waals surface area contributed by atoms with Crippen molar-refractivity contribution in [3.63, 3.8) is 0 Å². The summed E-state index contributed by atoms with van der Waals surface area (Å²) < 4.78 is 1.00. The number of thioether (sulfide) groups is 1. The lowest BCUT2D eigenvalue weighted by molar-refractivity contribution is 0.240. The van der Waals surface area contributed by atoms with Crippen LogP contribution >= 0.6 is 39.3 Å². The number of hydrogen-bond acceptors (Lipinski definition) is 4. The van der Waals surface area contributed by atoms with Crippen LogP contribution in [0.2, 0.25) is 5.02 Å². The van der Waals surface area contributed by atoms with Gasteiger partial charge in [-0.1, -0.05) is 75.7 Å². The van der Waals surface area contributed by atoms with Crippen LogP contribution in [-0.4, -0.2) is 11.5 Å². The molecule has 0 fully saturated rings. The molecule has 3 aromatic rings. The van der Waals surface area contributed by atoms with Gasteiger partial charge in [-0.05, 0) is 41.5 Å². The Hall–Kier alpha value is -2.19. The molecule has 0 aromatic heterocycles. The standard InChI is InChI=1S/C22H20BrClN4OS/c23-16-10-8-14(9-11-16)13-26-21(29)27-22-28(18-6-1-2-7-19(18)30-22)20-15(12-25)4-3-5-17(20)24/h1-11,22H,12-13,25H2,(H2,26,27,29). The number of hydrogen-bond donors (Lipinski definition) is 3. The summed E-state index contributed by atoms with van der Waals surface area (Å²) in [5.41, 5.74) is 9.37. The molecule has 1 unspecified atom stereocenters. The highest BCUT2D eigenvalue weighted by molar-refractivity contribution is 9.10. The van der Waals surface area contributed by atoms with Crippen molar-refractivity contribution < 1.29 is 4.79 Å². The number of anilines is 2. The van der Waals surface area contributed by atoms with E-state index in [1.54, 1.807) is 11.8 Å². The molecule has 5 nitrogen and oxygen atoms in total. The van der Waals surface area contributed by atoms with Crippen LogP contribution in [0.5, 0.6) is 0 Å². The maximum absolute atomic E-state index is 12.7. The van der Waals surface area contributed by atoms with Gasteiger partial charge in [0.05, 0.1) is 16.4 Å². The Morgan fingerprint density at radius 2 is 1.87 bits per heavy atom. The van der Waals surface area contributed by atoms with E-state index in [1.807, 2.05) is 71.6 Å². The van der Waals surface area contributed by atoms with E-state index in [0.717, 1.165) is 31.9 Å². The number of fused-ring (bicyclic) bond motifs is 1. The summed E-state index contributed by atoms with van der Waals surface area (Å²) in [6.45, 7) is 0.783. The zero-order chi connectivity index (χ0) is 21.1. The van der Waals surface area contributed by atoms with E-state index in [2.05, 4.69) is 26.6 Å². The smallest absolute Gasteiger partial charge is 0.317 e. The average Bonchev–Trinajstić information content (AvgIpc) is 3.10. The number of halogens is 2. The van der Waals surface area contributed by atoms with Crippen LogP contribution in [0.4, 0.5) is 16.2 Å². The number of carbonyl (C=O) groups excluding carboxylic acids is 1. The lowest BCUT2D eigenvalue weighted by atomic mass is 10.1. The van der Waals surface area contributed by atoms with Crippen LogP contribution in [0.15, 0.2) is 76.1 Å². The highest BCUT2D eigenvalue weighted by atomic mass is 79.9. The molecule has 4 rings (SSSR count). The highest BCUT2D eigenvalue weighted by Crippen LogP contribution is 2.49. The molecule has 8 heteroatoms. The number of nitrogens with zero attached hydrogens (tertiary/aromatic N) is 1. The molecule has 30 heavy (non-hydrogen) atoms. The minimum absolute atomic E-state index is 0.255. The quantitative estimate of drug-likeness (QED) is 0.425. The highest BCUT2D eigenvalue weighted by Gasteiger charge is 2.34. The molecule has 1 heterocycles. The number of para-hydroxylation sites is 2. The summed E-state index contributed by atoms with van der Waals surface area (Å²) in [6.07, 6.45) is 0. The maximum atomic E-state index is 12.7. The number of urea groups is 1. The third-order valence-electron chi connectivity index (χ3n) is 4.75. The van der Waals surface area contributed by atoms with Crippen molar-refractivity contribution >= 4 is 56.7 Å². The number of nitrogens with two attached hydrogens (primary N) is 1. The van der Waals surface area contributed by atoms with E-state index in [-0.39, 0.29) is 11.5 Å². The number of nitrogens with one attached hydrogen (secondary N) is 2. The second-order valence-electron chi connectivity index (χ2n) is 6.71. The summed E-state index contributed by atoms with van der Waals surface area (Å²) in [5.74, 6) is 0. The molecule has 0 bridgehead atoms. The van der Waals surface area contributed by atoms with Crippen molar-refractivity contribution in [1.29, 1.82) is 0 Å². The van der Waals surface area contributed by atoms with Gasteiger partial charge >= 0.3 is 6.03 Å². The van der Waals surface area contributed by atoms with Crippen LogP contribution in [0.25, 0.3) is 0 Å². The van der Waals surface area contributed by atoms with E-state index in [1.165, 1.54) is 0 Å². The normalized spacial score (nSPS) is 15.0. The van der Waals surface area contributed by atoms with Crippen molar-refractivity contribution in [2.45, 2.75) is 23.5 Å². The fraction of sp³-hybridized carbons (Fsp3) is 0.136. The zero-order valence-corrected chi connectivity index (χ0v) is 19.1. The molecule has 3 aromatic carbocycles. The van der Waals surface area contributed by atoms with Gasteiger partial charge in [-0.15, -0.1) is 0 Å². The second kappa shape index (κ2) is 9.31. The lowest BCUT2D eigenvalue weighted by Gasteiger charge is -2.30. The molecular formula is C22H20BrClN4OS. The second-order valence-corrected chi connectivity index (χ2v) is 9.16. The van der Waals surface area contributed by atoms with Gasteiger partial charge in [0, 0.05) is 22.5 Å². The first-order valence-corrected chi connectivity index (χ1v) is 11.4. The van der Waals surface area contributed by atoms with E-state index < -0.39 is 0 Å². The van der Waals surface area contributed by atoms with Crippen molar-refractivity contribution in [1.82, 2.24) is 10.6 Å². The van der Waals surface area contributed by atoms with Gasteiger partial charge in [0.1, 0.15) is 0 Å². The number of amides is 2. The molecule has 0 saturated heterocycles. The fourth-order valence-corrected chi connectivity index (χ4v) is 5.05. The Bertz CT molecular complexity index is 1060. The molecule has 1 atom stereocenters. The summed E-state index contributed by atoms with van der Waals surface area (Å²) in [4.78, 5) is 15.8. The van der Waals surface area contributed by atoms with Gasteiger partial charge in [0.15, 0.2) is 5.50 Å². The Labute approximate surface area is 193 Å². The monoisotopic (exact) mass is 502 g/mol. The minimum Gasteiger partial charge on any atom is -0.334 e. The molecule has 0 radical (unpaired) electrons. The lowest BCUT2D eigenvalue weighted by Crippen LogP contribution is -2.46. The van der Waals surface area contributed by atoms with E-state index in [9.17, 15) is 4.79 Å². The van der Waals surface area contributed by atoms with Gasteiger partial charge in [0.2, 0.25) is 0 Å². The van der Waals surface area contributed by atoms with Crippen LogP contribution in [0, 0.1) is 0 Å². The SMILES string of the molecule is NCc1cccc(Cl)c1N1c2ccccc2SC1NC(=O)NCc1ccc(Br)cc1. The van der Waals surface area contributed by atoms with Gasteiger partial charge in [-0.2, -0.15) is 0 Å². The molecule has 1 aliphatic heterocycles. The molecule has 0 saturated carbocycles. The molecule has 154 valence electrons. The first-order valence-electron chi connectivity index (χ1n) is 9.38. The number of carbonyl (C=O) groups is 1. The molecule has 1 aliphatic rings. The molecule has 4 N–H and O–H groups in total. The van der Waals surface area contributed by atoms with Crippen molar-refractivity contribution in [3.8, 4) is 0 Å². The Morgan fingerprint density at radius 1 is 1.10 bits per heavy atom. The van der Waals surface area contributed by atoms with Crippen LogP contribution in [0.1, 0.15) is 11.1 Å². The maximum Gasteiger partial charge on any atom is 0.317 e. The van der Waals surface area contributed by atoms with Gasteiger partial charge < -0.3 is 21.3 Å². The molecular weight excluding hydrogens is 484 g/mol. The third kappa shape index (κ3) is 4.44. The number of benzene rings is 3.